The molecule has 0 saturated heterocycles. The number of aromatic nitrogens is 3. The van der Waals surface area contributed by atoms with Gasteiger partial charge in [-0.1, -0.05) is 32.9 Å². The van der Waals surface area contributed by atoms with Crippen LogP contribution in [0.25, 0.3) is 11.0 Å². The summed E-state index contributed by atoms with van der Waals surface area (Å²) in [4.78, 5) is 12.2. The number of unbranched alkanes of at least 4 members (excludes halogenated alkanes) is 1. The van der Waals surface area contributed by atoms with Gasteiger partial charge in [-0.3, -0.25) is 4.79 Å². The van der Waals surface area contributed by atoms with E-state index in [1.165, 1.54) is 11.1 Å². The lowest BCUT2D eigenvalue weighted by molar-refractivity contribution is 0.0952. The zero-order chi connectivity index (χ0) is 20.9. The molecule has 1 aromatic heterocycles. The van der Waals surface area contributed by atoms with Gasteiger partial charge in [0.1, 0.15) is 16.8 Å². The monoisotopic (exact) mass is 394 g/mol. The van der Waals surface area contributed by atoms with Gasteiger partial charge in [0.15, 0.2) is 0 Å². The minimum Gasteiger partial charge on any atom is -0.493 e. The van der Waals surface area contributed by atoms with E-state index in [4.69, 9.17) is 4.74 Å². The van der Waals surface area contributed by atoms with Crippen molar-refractivity contribution in [1.29, 1.82) is 0 Å². The molecular formula is C23H30N4O2. The number of carbonyl (C=O) groups excluding carboxylic acids is 1. The first-order valence-electron chi connectivity index (χ1n) is 10.2. The molecule has 6 nitrogen and oxygen atoms in total. The van der Waals surface area contributed by atoms with Gasteiger partial charge in [0.2, 0.25) is 0 Å². The van der Waals surface area contributed by atoms with Gasteiger partial charge in [0.25, 0.3) is 5.91 Å². The fourth-order valence-corrected chi connectivity index (χ4v) is 3.13. The summed E-state index contributed by atoms with van der Waals surface area (Å²) in [7, 11) is 0. The third kappa shape index (κ3) is 5.13. The number of hydrogen-bond acceptors (Lipinski definition) is 4. The SMILES string of the molecule is CCC(C)(C)c1ccc(OCCCCNC(=O)c2ccc3n[nH]nc3c2)c(C)c1. The molecule has 0 bridgehead atoms. The topological polar surface area (TPSA) is 79.9 Å². The van der Waals surface area contributed by atoms with Crippen LogP contribution in [0.5, 0.6) is 5.75 Å². The average molecular weight is 395 g/mol. The Balaban J connectivity index is 1.40. The highest BCUT2D eigenvalue weighted by Crippen LogP contribution is 2.30. The molecule has 2 aromatic carbocycles. The van der Waals surface area contributed by atoms with Gasteiger partial charge in [0.05, 0.1) is 6.61 Å². The molecule has 0 spiro atoms. The number of rotatable bonds is 9. The molecule has 1 amide bonds. The molecule has 154 valence electrons. The lowest BCUT2D eigenvalue weighted by atomic mass is 9.81. The van der Waals surface area contributed by atoms with Crippen LogP contribution < -0.4 is 10.1 Å². The predicted molar refractivity (Wildman–Crippen MR) is 115 cm³/mol. The van der Waals surface area contributed by atoms with E-state index < -0.39 is 0 Å². The van der Waals surface area contributed by atoms with E-state index in [1.807, 2.05) is 0 Å². The first-order valence-corrected chi connectivity index (χ1v) is 10.2. The zero-order valence-electron chi connectivity index (χ0n) is 17.7. The first-order chi connectivity index (χ1) is 13.9. The molecule has 0 atom stereocenters. The summed E-state index contributed by atoms with van der Waals surface area (Å²) in [6.45, 7) is 10.1. The molecule has 3 rings (SSSR count). The maximum absolute atomic E-state index is 12.2. The Morgan fingerprint density at radius 3 is 2.66 bits per heavy atom. The number of benzene rings is 2. The smallest absolute Gasteiger partial charge is 0.251 e. The first kappa shape index (κ1) is 20.8. The molecule has 0 aliphatic carbocycles. The van der Waals surface area contributed by atoms with E-state index in [2.05, 4.69) is 66.6 Å². The Morgan fingerprint density at radius 1 is 1.10 bits per heavy atom. The fourth-order valence-electron chi connectivity index (χ4n) is 3.13. The number of fused-ring (bicyclic) bond motifs is 1. The van der Waals surface area contributed by atoms with Crippen molar-refractivity contribution in [3.8, 4) is 5.75 Å². The van der Waals surface area contributed by atoms with Crippen molar-refractivity contribution >= 4 is 16.9 Å². The lowest BCUT2D eigenvalue weighted by Gasteiger charge is -2.24. The number of hydrogen-bond donors (Lipinski definition) is 2. The molecular weight excluding hydrogens is 364 g/mol. The second-order valence-electron chi connectivity index (χ2n) is 8.06. The lowest BCUT2D eigenvalue weighted by Crippen LogP contribution is -2.24. The molecule has 0 fully saturated rings. The summed E-state index contributed by atoms with van der Waals surface area (Å²) in [5.74, 6) is 0.839. The number of nitrogens with one attached hydrogen (secondary N) is 2. The van der Waals surface area contributed by atoms with Crippen LogP contribution in [0, 0.1) is 6.92 Å². The van der Waals surface area contributed by atoms with Crippen molar-refractivity contribution in [2.24, 2.45) is 0 Å². The molecule has 0 saturated carbocycles. The quantitative estimate of drug-likeness (QED) is 0.522. The average Bonchev–Trinajstić information content (AvgIpc) is 3.19. The van der Waals surface area contributed by atoms with Gasteiger partial charge < -0.3 is 10.1 Å². The molecule has 29 heavy (non-hydrogen) atoms. The predicted octanol–water partition coefficient (Wildman–Crippen LogP) is 4.54. The summed E-state index contributed by atoms with van der Waals surface area (Å²) >= 11 is 0. The van der Waals surface area contributed by atoms with E-state index in [0.29, 0.717) is 24.2 Å². The number of carbonyl (C=O) groups is 1. The van der Waals surface area contributed by atoms with Gasteiger partial charge >= 0.3 is 0 Å². The van der Waals surface area contributed by atoms with Crippen molar-refractivity contribution < 1.29 is 9.53 Å². The number of nitrogens with zero attached hydrogens (tertiary/aromatic N) is 2. The highest BCUT2D eigenvalue weighted by Gasteiger charge is 2.18. The van der Waals surface area contributed by atoms with Crippen LogP contribution in [0.15, 0.2) is 36.4 Å². The summed E-state index contributed by atoms with van der Waals surface area (Å²) in [6, 6.07) is 11.8. The van der Waals surface area contributed by atoms with Crippen molar-refractivity contribution in [2.75, 3.05) is 13.2 Å². The highest BCUT2D eigenvalue weighted by molar-refractivity contribution is 5.97. The molecule has 0 aliphatic heterocycles. The molecule has 0 unspecified atom stereocenters. The second-order valence-corrected chi connectivity index (χ2v) is 8.06. The third-order valence-electron chi connectivity index (χ3n) is 5.53. The fraction of sp³-hybridized carbons (Fsp3) is 0.435. The van der Waals surface area contributed by atoms with E-state index in [1.54, 1.807) is 18.2 Å². The van der Waals surface area contributed by atoms with Crippen LogP contribution in [0.1, 0.15) is 61.5 Å². The van der Waals surface area contributed by atoms with Crippen LogP contribution in [0.2, 0.25) is 0 Å². The standard InChI is InChI=1S/C23H30N4O2/c1-5-23(3,4)18-9-11-21(16(2)14-18)29-13-7-6-12-24-22(28)17-8-10-19-20(15-17)26-27-25-19/h8-11,14-15H,5-7,12-13H2,1-4H3,(H,24,28)(H,25,26,27). The van der Waals surface area contributed by atoms with Crippen molar-refractivity contribution in [3.63, 3.8) is 0 Å². The molecule has 1 heterocycles. The van der Waals surface area contributed by atoms with E-state index >= 15 is 0 Å². The van der Waals surface area contributed by atoms with Crippen LogP contribution >= 0.6 is 0 Å². The Hall–Kier alpha value is -2.89. The molecule has 0 aliphatic rings. The van der Waals surface area contributed by atoms with Gasteiger partial charge in [-0.2, -0.15) is 15.4 Å². The minimum absolute atomic E-state index is 0.0965. The number of aromatic amines is 1. The van der Waals surface area contributed by atoms with Crippen LogP contribution in [0.3, 0.4) is 0 Å². The van der Waals surface area contributed by atoms with E-state index in [9.17, 15) is 4.79 Å². The molecule has 2 N–H and O–H groups in total. The second kappa shape index (κ2) is 9.07. The number of ether oxygens (including phenoxy) is 1. The maximum atomic E-state index is 12.2. The summed E-state index contributed by atoms with van der Waals surface area (Å²) in [6.07, 6.45) is 2.84. The minimum atomic E-state index is -0.0965. The van der Waals surface area contributed by atoms with Gasteiger partial charge in [-0.05, 0) is 67.0 Å². The van der Waals surface area contributed by atoms with Crippen LogP contribution in [-0.2, 0) is 5.41 Å². The van der Waals surface area contributed by atoms with Crippen LogP contribution in [0.4, 0.5) is 0 Å². The van der Waals surface area contributed by atoms with Gasteiger partial charge in [0, 0.05) is 12.1 Å². The summed E-state index contributed by atoms with van der Waals surface area (Å²) in [5.41, 5.74) is 4.72. The van der Waals surface area contributed by atoms with Crippen molar-refractivity contribution in [3.05, 3.63) is 53.1 Å². The largest absolute Gasteiger partial charge is 0.493 e. The highest BCUT2D eigenvalue weighted by atomic mass is 16.5. The molecule has 3 aromatic rings. The van der Waals surface area contributed by atoms with Crippen LogP contribution in [-0.4, -0.2) is 34.5 Å². The normalized spacial score (nSPS) is 11.6. The summed E-state index contributed by atoms with van der Waals surface area (Å²) < 4.78 is 5.94. The van der Waals surface area contributed by atoms with Gasteiger partial charge in [-0.25, -0.2) is 0 Å². The van der Waals surface area contributed by atoms with Gasteiger partial charge in [-0.15, -0.1) is 0 Å². The zero-order valence-corrected chi connectivity index (χ0v) is 17.7. The Kier molecular flexibility index (Phi) is 6.52. The third-order valence-corrected chi connectivity index (χ3v) is 5.53. The Bertz CT molecular complexity index is 978. The molecule has 0 radical (unpaired) electrons. The number of H-pyrrole nitrogens is 1. The Labute approximate surface area is 172 Å². The van der Waals surface area contributed by atoms with E-state index in [-0.39, 0.29) is 11.3 Å². The number of aryl methyl sites for hydroxylation is 1. The van der Waals surface area contributed by atoms with E-state index in [0.717, 1.165) is 30.5 Å². The maximum Gasteiger partial charge on any atom is 0.251 e. The van der Waals surface area contributed by atoms with Crippen molar-refractivity contribution in [2.45, 2.75) is 52.4 Å². The number of amides is 1. The molecule has 6 heteroatoms. The van der Waals surface area contributed by atoms with Crippen molar-refractivity contribution in [1.82, 2.24) is 20.7 Å². The summed E-state index contributed by atoms with van der Waals surface area (Å²) in [5, 5.41) is 13.5. The Morgan fingerprint density at radius 2 is 1.90 bits per heavy atom.